The number of carbonyl (C=O) groups excluding carboxylic acids is 1. The molecule has 0 N–H and O–H groups in total. The highest BCUT2D eigenvalue weighted by Crippen LogP contribution is 2.30. The second-order valence-corrected chi connectivity index (χ2v) is 8.36. The van der Waals surface area contributed by atoms with Crippen molar-refractivity contribution in [1.82, 2.24) is 9.88 Å². The summed E-state index contributed by atoms with van der Waals surface area (Å²) in [6, 6.07) is 12.4. The van der Waals surface area contributed by atoms with Gasteiger partial charge in [-0.05, 0) is 48.8 Å². The number of thiazole rings is 1. The monoisotopic (exact) mass is 452 g/mol. The smallest absolute Gasteiger partial charge is 0.270 e. The number of rotatable bonds is 10. The lowest BCUT2D eigenvalue weighted by molar-refractivity contribution is -0.384. The number of carbonyl (C=O) groups is 1. The first-order valence-electron chi connectivity index (χ1n) is 10.8. The first-order valence-corrected chi connectivity index (χ1v) is 11.6. The summed E-state index contributed by atoms with van der Waals surface area (Å²) < 4.78 is 1.06. The molecule has 0 atom stereocenters. The summed E-state index contributed by atoms with van der Waals surface area (Å²) in [5.41, 5.74) is 2.72. The van der Waals surface area contributed by atoms with E-state index >= 15 is 0 Å². The molecule has 168 valence electrons. The van der Waals surface area contributed by atoms with Gasteiger partial charge in [-0.3, -0.25) is 19.8 Å². The zero-order chi connectivity index (χ0) is 23.1. The first kappa shape index (κ1) is 23.6. The fourth-order valence-electron chi connectivity index (χ4n) is 3.37. The Labute approximate surface area is 192 Å². The molecule has 0 aliphatic heterocycles. The van der Waals surface area contributed by atoms with Crippen molar-refractivity contribution in [1.29, 1.82) is 0 Å². The second kappa shape index (κ2) is 11.0. The van der Waals surface area contributed by atoms with Gasteiger partial charge in [-0.25, -0.2) is 4.98 Å². The van der Waals surface area contributed by atoms with Crippen LogP contribution in [0.4, 0.5) is 10.8 Å². The van der Waals surface area contributed by atoms with E-state index in [1.807, 2.05) is 6.07 Å². The summed E-state index contributed by atoms with van der Waals surface area (Å²) >= 11 is 1.51. The number of nitrogens with zero attached hydrogens (tertiary/aromatic N) is 4. The van der Waals surface area contributed by atoms with Crippen molar-refractivity contribution in [3.8, 4) is 0 Å². The number of aryl methyl sites for hydroxylation is 1. The fraction of sp³-hybridized carbons (Fsp3) is 0.333. The van der Waals surface area contributed by atoms with E-state index in [2.05, 4.69) is 37.8 Å². The van der Waals surface area contributed by atoms with Crippen LogP contribution in [0.5, 0.6) is 0 Å². The van der Waals surface area contributed by atoms with E-state index in [9.17, 15) is 14.9 Å². The topological polar surface area (TPSA) is 79.6 Å². The summed E-state index contributed by atoms with van der Waals surface area (Å²) in [6.45, 7) is 9.37. The molecule has 3 rings (SSSR count). The third kappa shape index (κ3) is 5.77. The molecule has 0 radical (unpaired) electrons. The zero-order valence-corrected chi connectivity index (χ0v) is 19.5. The van der Waals surface area contributed by atoms with Crippen LogP contribution in [-0.2, 0) is 11.2 Å². The van der Waals surface area contributed by atoms with E-state index in [-0.39, 0.29) is 11.6 Å². The molecule has 1 aromatic heterocycles. The Morgan fingerprint density at radius 3 is 2.59 bits per heavy atom. The van der Waals surface area contributed by atoms with E-state index in [1.165, 1.54) is 35.1 Å². The number of anilines is 1. The van der Waals surface area contributed by atoms with Crippen LogP contribution >= 0.6 is 11.3 Å². The minimum atomic E-state index is -0.443. The van der Waals surface area contributed by atoms with Crippen molar-refractivity contribution >= 4 is 44.4 Å². The highest BCUT2D eigenvalue weighted by Gasteiger charge is 2.19. The van der Waals surface area contributed by atoms with E-state index in [0.29, 0.717) is 17.2 Å². The molecule has 3 aromatic rings. The fourth-order valence-corrected chi connectivity index (χ4v) is 4.43. The van der Waals surface area contributed by atoms with Crippen molar-refractivity contribution in [3.63, 3.8) is 0 Å². The molecule has 0 fully saturated rings. The predicted octanol–water partition coefficient (Wildman–Crippen LogP) is 5.16. The predicted molar refractivity (Wildman–Crippen MR) is 131 cm³/mol. The number of amides is 1. The molecule has 8 heteroatoms. The Balaban J connectivity index is 1.88. The average Bonchev–Trinajstić information content (AvgIpc) is 3.23. The minimum Gasteiger partial charge on any atom is -0.302 e. The summed E-state index contributed by atoms with van der Waals surface area (Å²) in [7, 11) is 0. The molecule has 0 saturated heterocycles. The molecule has 0 aliphatic rings. The maximum absolute atomic E-state index is 13.2. The lowest BCUT2D eigenvalue weighted by atomic mass is 10.2. The van der Waals surface area contributed by atoms with E-state index in [1.54, 1.807) is 23.1 Å². The van der Waals surface area contributed by atoms with Crippen LogP contribution in [0.25, 0.3) is 16.3 Å². The summed E-state index contributed by atoms with van der Waals surface area (Å²) in [6.07, 6.45) is 4.02. The molecule has 2 aromatic carbocycles. The molecular formula is C24H28N4O3S. The van der Waals surface area contributed by atoms with E-state index in [0.717, 1.165) is 36.3 Å². The lowest BCUT2D eigenvalue weighted by Gasteiger charge is -2.23. The molecule has 1 amide bonds. The Bertz CT molecular complexity index is 1120. The van der Waals surface area contributed by atoms with Gasteiger partial charge < -0.3 is 4.90 Å². The molecule has 0 spiro atoms. The van der Waals surface area contributed by atoms with Gasteiger partial charge in [0.15, 0.2) is 5.13 Å². The maximum atomic E-state index is 13.2. The van der Waals surface area contributed by atoms with Gasteiger partial charge in [0.1, 0.15) is 0 Å². The van der Waals surface area contributed by atoms with Crippen molar-refractivity contribution in [2.45, 2.75) is 27.2 Å². The Morgan fingerprint density at radius 2 is 1.91 bits per heavy atom. The van der Waals surface area contributed by atoms with Gasteiger partial charge in [-0.2, -0.15) is 0 Å². The normalized spacial score (nSPS) is 11.5. The molecule has 1 heterocycles. The Morgan fingerprint density at radius 1 is 1.12 bits per heavy atom. The van der Waals surface area contributed by atoms with Gasteiger partial charge in [0, 0.05) is 31.3 Å². The van der Waals surface area contributed by atoms with Crippen LogP contribution in [-0.4, -0.2) is 46.9 Å². The summed E-state index contributed by atoms with van der Waals surface area (Å²) in [4.78, 5) is 32.4. The van der Waals surface area contributed by atoms with Gasteiger partial charge in [0.2, 0.25) is 0 Å². The van der Waals surface area contributed by atoms with Crippen molar-refractivity contribution in [3.05, 3.63) is 69.8 Å². The van der Waals surface area contributed by atoms with Crippen LogP contribution in [0.15, 0.2) is 48.5 Å². The van der Waals surface area contributed by atoms with E-state index < -0.39 is 4.92 Å². The standard InChI is InChI=1S/C24H28N4O3S/c1-4-18-10-12-21-22(17-18)32-24(25-21)27(15-14-26(5-2)6-3)23(29)13-11-19-8-7-9-20(16-19)28(30)31/h7-13,16-17H,4-6,14-15H2,1-3H3/b13-11+. The van der Waals surface area contributed by atoms with Crippen molar-refractivity contribution in [2.24, 2.45) is 0 Å². The quantitative estimate of drug-likeness (QED) is 0.241. The van der Waals surface area contributed by atoms with Crippen molar-refractivity contribution < 1.29 is 9.72 Å². The maximum Gasteiger partial charge on any atom is 0.270 e. The molecule has 32 heavy (non-hydrogen) atoms. The molecular weight excluding hydrogens is 424 g/mol. The Kier molecular flexibility index (Phi) is 8.08. The second-order valence-electron chi connectivity index (χ2n) is 7.35. The van der Waals surface area contributed by atoms with Crippen molar-refractivity contribution in [2.75, 3.05) is 31.1 Å². The number of hydrogen-bond donors (Lipinski definition) is 0. The minimum absolute atomic E-state index is 0.00381. The molecule has 0 aliphatic carbocycles. The van der Waals surface area contributed by atoms with Crippen LogP contribution in [0.2, 0.25) is 0 Å². The van der Waals surface area contributed by atoms with Gasteiger partial charge in [-0.15, -0.1) is 0 Å². The average molecular weight is 453 g/mol. The number of fused-ring (bicyclic) bond motifs is 1. The third-order valence-electron chi connectivity index (χ3n) is 5.38. The zero-order valence-electron chi connectivity index (χ0n) is 18.7. The number of nitro benzene ring substituents is 1. The Hall–Kier alpha value is -3.10. The molecule has 7 nitrogen and oxygen atoms in total. The molecule has 0 unspecified atom stereocenters. The number of hydrogen-bond acceptors (Lipinski definition) is 6. The number of likely N-dealkylation sites (N-methyl/N-ethyl adjacent to an activating group) is 1. The SMILES string of the molecule is CCc1ccc2nc(N(CCN(CC)CC)C(=O)/C=C/c3cccc([N+](=O)[O-])c3)sc2c1. The van der Waals surface area contributed by atoms with Crippen LogP contribution in [0.3, 0.4) is 0 Å². The largest absolute Gasteiger partial charge is 0.302 e. The van der Waals surface area contributed by atoms with Gasteiger partial charge in [0.25, 0.3) is 11.6 Å². The number of benzene rings is 2. The first-order chi connectivity index (χ1) is 15.4. The highest BCUT2D eigenvalue weighted by molar-refractivity contribution is 7.22. The van der Waals surface area contributed by atoms with E-state index in [4.69, 9.17) is 4.98 Å². The lowest BCUT2D eigenvalue weighted by Crippen LogP contribution is -2.38. The van der Waals surface area contributed by atoms with Gasteiger partial charge in [-0.1, -0.05) is 50.3 Å². The van der Waals surface area contributed by atoms with Crippen LogP contribution in [0, 0.1) is 10.1 Å². The third-order valence-corrected chi connectivity index (χ3v) is 6.42. The highest BCUT2D eigenvalue weighted by atomic mass is 32.1. The molecule has 0 bridgehead atoms. The summed E-state index contributed by atoms with van der Waals surface area (Å²) in [5, 5.41) is 11.7. The van der Waals surface area contributed by atoms with Crippen LogP contribution in [0.1, 0.15) is 31.9 Å². The van der Waals surface area contributed by atoms with Gasteiger partial charge >= 0.3 is 0 Å². The number of nitro groups is 1. The summed E-state index contributed by atoms with van der Waals surface area (Å²) in [5.74, 6) is -0.196. The number of non-ortho nitro benzene ring substituents is 1. The number of aromatic nitrogens is 1. The van der Waals surface area contributed by atoms with Gasteiger partial charge in [0.05, 0.1) is 15.1 Å². The molecule has 0 saturated carbocycles. The van der Waals surface area contributed by atoms with Crippen LogP contribution < -0.4 is 4.90 Å².